The molecule has 0 aromatic heterocycles. The van der Waals surface area contributed by atoms with Gasteiger partial charge in [-0.05, 0) is 41.1 Å². The SMILES string of the molecule is CC1=CC(OCc2ccc(F)cc2F)=C(Br)CN1CCN1CCOCC1. The first-order valence-electron chi connectivity index (χ1n) is 8.71. The zero-order chi connectivity index (χ0) is 18.5. The Morgan fingerprint density at radius 3 is 2.69 bits per heavy atom. The lowest BCUT2D eigenvalue weighted by molar-refractivity contribution is 0.0350. The molecule has 4 nitrogen and oxygen atoms in total. The van der Waals surface area contributed by atoms with E-state index in [1.807, 2.05) is 13.0 Å². The number of nitrogens with zero attached hydrogens (tertiary/aromatic N) is 2. The molecule has 0 unspecified atom stereocenters. The van der Waals surface area contributed by atoms with Gasteiger partial charge in [0.15, 0.2) is 0 Å². The fourth-order valence-electron chi connectivity index (χ4n) is 2.99. The molecule has 1 saturated heterocycles. The van der Waals surface area contributed by atoms with E-state index in [0.29, 0.717) is 17.9 Å². The minimum Gasteiger partial charge on any atom is -0.488 e. The van der Waals surface area contributed by atoms with Gasteiger partial charge in [-0.2, -0.15) is 0 Å². The highest BCUT2D eigenvalue weighted by molar-refractivity contribution is 9.11. The summed E-state index contributed by atoms with van der Waals surface area (Å²) in [4.78, 5) is 4.68. The molecule has 142 valence electrons. The molecule has 0 N–H and O–H groups in total. The van der Waals surface area contributed by atoms with Gasteiger partial charge in [-0.15, -0.1) is 0 Å². The molecule has 1 fully saturated rings. The predicted molar refractivity (Wildman–Crippen MR) is 99.7 cm³/mol. The van der Waals surface area contributed by atoms with E-state index in [2.05, 4.69) is 25.7 Å². The van der Waals surface area contributed by atoms with E-state index < -0.39 is 11.6 Å². The van der Waals surface area contributed by atoms with Gasteiger partial charge in [0.2, 0.25) is 0 Å². The fraction of sp³-hybridized carbons (Fsp3) is 0.474. The molecule has 0 saturated carbocycles. The number of halogens is 3. The average Bonchev–Trinajstić information content (AvgIpc) is 2.63. The highest BCUT2D eigenvalue weighted by atomic mass is 79.9. The summed E-state index contributed by atoms with van der Waals surface area (Å²) >= 11 is 3.57. The van der Waals surface area contributed by atoms with Crippen molar-refractivity contribution in [1.82, 2.24) is 9.80 Å². The second kappa shape index (κ2) is 8.97. The van der Waals surface area contributed by atoms with Crippen molar-refractivity contribution in [2.45, 2.75) is 13.5 Å². The Kier molecular flexibility index (Phi) is 6.67. The molecule has 1 aromatic rings. The van der Waals surface area contributed by atoms with E-state index in [0.717, 1.165) is 55.6 Å². The quantitative estimate of drug-likeness (QED) is 0.690. The van der Waals surface area contributed by atoms with Crippen molar-refractivity contribution in [3.63, 3.8) is 0 Å². The van der Waals surface area contributed by atoms with Gasteiger partial charge in [0.1, 0.15) is 24.0 Å². The van der Waals surface area contributed by atoms with Crippen LogP contribution in [0.3, 0.4) is 0 Å². The topological polar surface area (TPSA) is 24.9 Å². The van der Waals surface area contributed by atoms with Crippen LogP contribution in [0.1, 0.15) is 12.5 Å². The molecule has 0 aliphatic carbocycles. The summed E-state index contributed by atoms with van der Waals surface area (Å²) in [6.07, 6.45) is 1.95. The number of ether oxygens (including phenoxy) is 2. The average molecular weight is 429 g/mol. The van der Waals surface area contributed by atoms with E-state index in [-0.39, 0.29) is 6.61 Å². The van der Waals surface area contributed by atoms with Crippen LogP contribution in [0.2, 0.25) is 0 Å². The number of hydrogen-bond donors (Lipinski definition) is 0. The molecular weight excluding hydrogens is 406 g/mol. The van der Waals surface area contributed by atoms with Gasteiger partial charge in [-0.3, -0.25) is 4.90 Å². The summed E-state index contributed by atoms with van der Waals surface area (Å²) in [6.45, 7) is 8.30. The van der Waals surface area contributed by atoms with Crippen LogP contribution in [-0.4, -0.2) is 55.7 Å². The van der Waals surface area contributed by atoms with Gasteiger partial charge in [0.25, 0.3) is 0 Å². The van der Waals surface area contributed by atoms with E-state index >= 15 is 0 Å². The van der Waals surface area contributed by atoms with Gasteiger partial charge >= 0.3 is 0 Å². The Hall–Kier alpha value is -1.44. The van der Waals surface area contributed by atoms with Crippen LogP contribution in [0.4, 0.5) is 8.78 Å². The molecular formula is C19H23BrF2N2O2. The molecule has 2 aliphatic heterocycles. The van der Waals surface area contributed by atoms with Crippen LogP contribution in [0, 0.1) is 11.6 Å². The highest BCUT2D eigenvalue weighted by Crippen LogP contribution is 2.26. The maximum Gasteiger partial charge on any atom is 0.133 e. The predicted octanol–water partition coefficient (Wildman–Crippen LogP) is 3.64. The van der Waals surface area contributed by atoms with E-state index in [1.54, 1.807) is 0 Å². The van der Waals surface area contributed by atoms with Gasteiger partial charge in [-0.1, -0.05) is 0 Å². The largest absolute Gasteiger partial charge is 0.488 e. The summed E-state index contributed by atoms with van der Waals surface area (Å²) in [6, 6.07) is 3.52. The van der Waals surface area contributed by atoms with Crippen LogP contribution in [0.25, 0.3) is 0 Å². The first-order valence-corrected chi connectivity index (χ1v) is 9.51. The Bertz CT molecular complexity index is 703. The van der Waals surface area contributed by atoms with Crippen LogP contribution in [0.5, 0.6) is 0 Å². The maximum atomic E-state index is 13.7. The van der Waals surface area contributed by atoms with Crippen molar-refractivity contribution in [3.8, 4) is 0 Å². The Labute approximate surface area is 161 Å². The Balaban J connectivity index is 1.54. The molecule has 0 bridgehead atoms. The smallest absolute Gasteiger partial charge is 0.133 e. The first-order chi connectivity index (χ1) is 12.5. The fourth-order valence-corrected chi connectivity index (χ4v) is 3.52. The van der Waals surface area contributed by atoms with Gasteiger partial charge in [0.05, 0.1) is 24.2 Å². The molecule has 2 aliphatic rings. The number of hydrogen-bond acceptors (Lipinski definition) is 4. The molecule has 0 amide bonds. The summed E-state index contributed by atoms with van der Waals surface area (Å²) < 4.78 is 38.8. The van der Waals surface area contributed by atoms with Crippen molar-refractivity contribution >= 4 is 15.9 Å². The Morgan fingerprint density at radius 2 is 1.96 bits per heavy atom. The molecule has 26 heavy (non-hydrogen) atoms. The summed E-state index contributed by atoms with van der Waals surface area (Å²) in [5.41, 5.74) is 1.44. The lowest BCUT2D eigenvalue weighted by Gasteiger charge is -2.33. The van der Waals surface area contributed by atoms with Gasteiger partial charge in [-0.25, -0.2) is 8.78 Å². The van der Waals surface area contributed by atoms with Crippen molar-refractivity contribution in [1.29, 1.82) is 0 Å². The van der Waals surface area contributed by atoms with Crippen molar-refractivity contribution in [3.05, 3.63) is 57.4 Å². The number of benzene rings is 1. The molecule has 7 heteroatoms. The second-order valence-corrected chi connectivity index (χ2v) is 7.41. The first kappa shape index (κ1) is 19.3. The Morgan fingerprint density at radius 1 is 1.19 bits per heavy atom. The molecule has 0 atom stereocenters. The summed E-state index contributed by atoms with van der Waals surface area (Å²) in [7, 11) is 0. The van der Waals surface area contributed by atoms with Crippen LogP contribution >= 0.6 is 15.9 Å². The monoisotopic (exact) mass is 428 g/mol. The third-order valence-corrected chi connectivity index (χ3v) is 5.27. The normalized spacial score (nSPS) is 18.9. The molecule has 0 radical (unpaired) electrons. The minimum atomic E-state index is -0.592. The van der Waals surface area contributed by atoms with Crippen molar-refractivity contribution in [2.75, 3.05) is 45.9 Å². The standard InChI is InChI=1S/C19H23BrF2N2O2/c1-14-10-19(26-13-15-2-3-16(21)11-18(15)22)17(20)12-24(14)5-4-23-6-8-25-9-7-23/h2-3,10-11H,4-9,12-13H2,1H3. The molecule has 0 spiro atoms. The van der Waals surface area contributed by atoms with Gasteiger partial charge < -0.3 is 14.4 Å². The van der Waals surface area contributed by atoms with Crippen LogP contribution in [-0.2, 0) is 16.1 Å². The van der Waals surface area contributed by atoms with Crippen LogP contribution < -0.4 is 0 Å². The number of allylic oxidation sites excluding steroid dienone is 2. The van der Waals surface area contributed by atoms with E-state index in [4.69, 9.17) is 9.47 Å². The van der Waals surface area contributed by atoms with E-state index in [1.165, 1.54) is 12.1 Å². The van der Waals surface area contributed by atoms with E-state index in [9.17, 15) is 8.78 Å². The zero-order valence-electron chi connectivity index (χ0n) is 14.8. The third-order valence-electron chi connectivity index (χ3n) is 4.62. The molecule has 3 rings (SSSR count). The summed E-state index contributed by atoms with van der Waals surface area (Å²) in [5.74, 6) is -0.491. The number of rotatable bonds is 6. The highest BCUT2D eigenvalue weighted by Gasteiger charge is 2.19. The zero-order valence-corrected chi connectivity index (χ0v) is 16.4. The summed E-state index contributed by atoms with van der Waals surface area (Å²) in [5, 5.41) is 0. The minimum absolute atomic E-state index is 0.0636. The number of morpholine rings is 1. The molecule has 2 heterocycles. The van der Waals surface area contributed by atoms with Crippen molar-refractivity contribution < 1.29 is 18.3 Å². The lowest BCUT2D eigenvalue weighted by atomic mass is 10.2. The lowest BCUT2D eigenvalue weighted by Crippen LogP contribution is -2.41. The third kappa shape index (κ3) is 5.05. The van der Waals surface area contributed by atoms with Crippen LogP contribution in [0.15, 0.2) is 40.2 Å². The maximum absolute atomic E-state index is 13.7. The van der Waals surface area contributed by atoms with Crippen molar-refractivity contribution in [2.24, 2.45) is 0 Å². The van der Waals surface area contributed by atoms with Gasteiger partial charge in [0, 0.05) is 43.5 Å². The molecule has 1 aromatic carbocycles. The second-order valence-electron chi connectivity index (χ2n) is 6.45.